The monoisotopic (exact) mass is 263 g/mol. The lowest BCUT2D eigenvalue weighted by Crippen LogP contribution is -2.30. The summed E-state index contributed by atoms with van der Waals surface area (Å²) in [4.78, 5) is 12.8. The normalized spacial score (nSPS) is 11.1. The Kier molecular flexibility index (Phi) is 5.40. The van der Waals surface area contributed by atoms with Crippen molar-refractivity contribution in [2.24, 2.45) is 0 Å². The second kappa shape index (κ2) is 6.60. The van der Waals surface area contributed by atoms with Gasteiger partial charge < -0.3 is 5.11 Å². The highest BCUT2D eigenvalue weighted by Crippen LogP contribution is 2.28. The van der Waals surface area contributed by atoms with Gasteiger partial charge in [0.2, 0.25) is 0 Å². The van der Waals surface area contributed by atoms with Crippen LogP contribution < -0.4 is 4.90 Å². The number of carboxylic acid groups (broad SMARTS) is 1. The number of benzene rings is 1. The summed E-state index contributed by atoms with van der Waals surface area (Å²) in [6, 6.07) is 6.19. The van der Waals surface area contributed by atoms with E-state index in [9.17, 15) is 9.90 Å². The summed E-state index contributed by atoms with van der Waals surface area (Å²) >= 11 is 0. The van der Waals surface area contributed by atoms with Crippen molar-refractivity contribution < 1.29 is 9.90 Å². The maximum atomic E-state index is 11.4. The van der Waals surface area contributed by atoms with Crippen molar-refractivity contribution in [1.82, 2.24) is 0 Å². The van der Waals surface area contributed by atoms with Gasteiger partial charge in [0.05, 0.1) is 0 Å². The van der Waals surface area contributed by atoms with Gasteiger partial charge in [0, 0.05) is 12.2 Å². The first kappa shape index (κ1) is 15.5. The molecule has 1 rings (SSSR count). The molecule has 0 atom stereocenters. The average Bonchev–Trinajstić information content (AvgIpc) is 2.34. The smallest absolute Gasteiger partial charge is 0.411 e. The molecular weight excluding hydrogens is 238 g/mol. The Balaban J connectivity index is 3.27. The zero-order valence-electron chi connectivity index (χ0n) is 12.6. The van der Waals surface area contributed by atoms with Crippen LogP contribution in [0.15, 0.2) is 18.2 Å². The van der Waals surface area contributed by atoms with E-state index in [2.05, 4.69) is 33.8 Å². The van der Waals surface area contributed by atoms with Crippen LogP contribution in [0.3, 0.4) is 0 Å². The number of carbonyl (C=O) groups is 1. The molecule has 0 aliphatic rings. The highest BCUT2D eigenvalue weighted by atomic mass is 16.4. The van der Waals surface area contributed by atoms with Crippen molar-refractivity contribution in [3.63, 3.8) is 0 Å². The molecular formula is C16H25NO2. The summed E-state index contributed by atoms with van der Waals surface area (Å²) in [6.45, 7) is 11.1. The quantitative estimate of drug-likeness (QED) is 0.826. The molecule has 0 heterocycles. The van der Waals surface area contributed by atoms with Crippen LogP contribution in [0.4, 0.5) is 10.5 Å². The Morgan fingerprint density at radius 2 is 1.58 bits per heavy atom. The molecule has 106 valence electrons. The van der Waals surface area contributed by atoms with Crippen molar-refractivity contribution in [2.75, 3.05) is 11.4 Å². The molecule has 1 aromatic rings. The van der Waals surface area contributed by atoms with Crippen molar-refractivity contribution in [3.8, 4) is 0 Å². The van der Waals surface area contributed by atoms with Gasteiger partial charge in [-0.3, -0.25) is 4.90 Å². The largest absolute Gasteiger partial charge is 0.465 e. The lowest BCUT2D eigenvalue weighted by atomic mass is 9.94. The molecule has 0 unspecified atom stereocenters. The number of anilines is 1. The standard InChI is InChI=1S/C16H25NO2/c1-6-7-17(16(18)19)15-9-13(11(2)3)8-14(10-15)12(4)5/h8-12H,6-7H2,1-5H3,(H,18,19). The van der Waals surface area contributed by atoms with E-state index in [4.69, 9.17) is 0 Å². The van der Waals surface area contributed by atoms with Crippen LogP contribution in [-0.2, 0) is 0 Å². The van der Waals surface area contributed by atoms with E-state index in [0.29, 0.717) is 18.4 Å². The van der Waals surface area contributed by atoms with Crippen LogP contribution in [0.5, 0.6) is 0 Å². The Morgan fingerprint density at radius 1 is 1.11 bits per heavy atom. The van der Waals surface area contributed by atoms with Gasteiger partial charge in [0.1, 0.15) is 0 Å². The molecule has 0 saturated heterocycles. The Bertz CT molecular complexity index is 412. The van der Waals surface area contributed by atoms with Gasteiger partial charge in [-0.05, 0) is 41.5 Å². The SMILES string of the molecule is CCCN(C(=O)O)c1cc(C(C)C)cc(C(C)C)c1. The predicted octanol–water partition coefficient (Wildman–Crippen LogP) is 4.83. The van der Waals surface area contributed by atoms with Crippen LogP contribution in [0, 0.1) is 0 Å². The summed E-state index contributed by atoms with van der Waals surface area (Å²) in [5, 5.41) is 9.34. The molecule has 0 aromatic heterocycles. The molecule has 0 radical (unpaired) electrons. The first-order valence-electron chi connectivity index (χ1n) is 7.02. The summed E-state index contributed by atoms with van der Waals surface area (Å²) in [5.74, 6) is 0.796. The lowest BCUT2D eigenvalue weighted by molar-refractivity contribution is 0.202. The molecule has 0 saturated carbocycles. The maximum absolute atomic E-state index is 11.4. The summed E-state index contributed by atoms with van der Waals surface area (Å²) in [7, 11) is 0. The number of hydrogen-bond acceptors (Lipinski definition) is 1. The predicted molar refractivity (Wildman–Crippen MR) is 80.3 cm³/mol. The van der Waals surface area contributed by atoms with Gasteiger partial charge in [0.15, 0.2) is 0 Å². The van der Waals surface area contributed by atoms with Crippen LogP contribution in [-0.4, -0.2) is 17.7 Å². The van der Waals surface area contributed by atoms with Crippen LogP contribution in [0.25, 0.3) is 0 Å². The molecule has 1 N–H and O–H groups in total. The van der Waals surface area contributed by atoms with Crippen molar-refractivity contribution >= 4 is 11.8 Å². The minimum atomic E-state index is -0.877. The van der Waals surface area contributed by atoms with E-state index >= 15 is 0 Å². The molecule has 0 bridgehead atoms. The molecule has 0 fully saturated rings. The molecule has 0 spiro atoms. The minimum Gasteiger partial charge on any atom is -0.465 e. The summed E-state index contributed by atoms with van der Waals surface area (Å²) in [5.41, 5.74) is 3.19. The van der Waals surface area contributed by atoms with Gasteiger partial charge in [-0.15, -0.1) is 0 Å². The van der Waals surface area contributed by atoms with Crippen molar-refractivity contribution in [2.45, 2.75) is 52.9 Å². The van der Waals surface area contributed by atoms with Crippen LogP contribution in [0.1, 0.15) is 64.0 Å². The topological polar surface area (TPSA) is 40.5 Å². The highest BCUT2D eigenvalue weighted by Gasteiger charge is 2.16. The number of amides is 1. The maximum Gasteiger partial charge on any atom is 0.411 e. The second-order valence-electron chi connectivity index (χ2n) is 5.60. The van der Waals surface area contributed by atoms with Crippen LogP contribution in [0.2, 0.25) is 0 Å². The van der Waals surface area contributed by atoms with E-state index in [0.717, 1.165) is 12.1 Å². The van der Waals surface area contributed by atoms with E-state index < -0.39 is 6.09 Å². The fourth-order valence-corrected chi connectivity index (χ4v) is 2.04. The zero-order valence-corrected chi connectivity index (χ0v) is 12.6. The van der Waals surface area contributed by atoms with E-state index in [-0.39, 0.29) is 0 Å². The van der Waals surface area contributed by atoms with Gasteiger partial charge in [-0.2, -0.15) is 0 Å². The Hall–Kier alpha value is -1.51. The van der Waals surface area contributed by atoms with Gasteiger partial charge in [-0.25, -0.2) is 4.79 Å². The third kappa shape index (κ3) is 3.98. The minimum absolute atomic E-state index is 0.398. The fourth-order valence-electron chi connectivity index (χ4n) is 2.04. The van der Waals surface area contributed by atoms with Crippen molar-refractivity contribution in [3.05, 3.63) is 29.3 Å². The lowest BCUT2D eigenvalue weighted by Gasteiger charge is -2.22. The van der Waals surface area contributed by atoms with Gasteiger partial charge in [-0.1, -0.05) is 40.7 Å². The number of rotatable bonds is 5. The number of nitrogens with zero attached hydrogens (tertiary/aromatic N) is 1. The molecule has 0 aliphatic heterocycles. The third-order valence-electron chi connectivity index (χ3n) is 3.29. The fraction of sp³-hybridized carbons (Fsp3) is 0.562. The second-order valence-corrected chi connectivity index (χ2v) is 5.60. The summed E-state index contributed by atoms with van der Waals surface area (Å²) < 4.78 is 0. The van der Waals surface area contributed by atoms with Gasteiger partial charge >= 0.3 is 6.09 Å². The molecule has 1 amide bonds. The first-order valence-corrected chi connectivity index (χ1v) is 7.02. The molecule has 19 heavy (non-hydrogen) atoms. The Labute approximate surface area is 116 Å². The number of hydrogen-bond donors (Lipinski definition) is 1. The zero-order chi connectivity index (χ0) is 14.6. The van der Waals surface area contributed by atoms with E-state index in [1.165, 1.54) is 16.0 Å². The highest BCUT2D eigenvalue weighted by molar-refractivity contribution is 5.86. The molecule has 3 heteroatoms. The molecule has 3 nitrogen and oxygen atoms in total. The van der Waals surface area contributed by atoms with Crippen molar-refractivity contribution in [1.29, 1.82) is 0 Å². The summed E-state index contributed by atoms with van der Waals surface area (Å²) in [6.07, 6.45) is -0.0626. The Morgan fingerprint density at radius 3 is 1.89 bits per heavy atom. The first-order chi connectivity index (χ1) is 8.86. The van der Waals surface area contributed by atoms with Crippen LogP contribution >= 0.6 is 0 Å². The average molecular weight is 263 g/mol. The van der Waals surface area contributed by atoms with E-state index in [1.807, 2.05) is 19.1 Å². The van der Waals surface area contributed by atoms with Gasteiger partial charge in [0.25, 0.3) is 0 Å². The third-order valence-corrected chi connectivity index (χ3v) is 3.29. The van der Waals surface area contributed by atoms with E-state index in [1.54, 1.807) is 0 Å². The molecule has 1 aromatic carbocycles. The molecule has 0 aliphatic carbocycles.